The van der Waals surface area contributed by atoms with Crippen LogP contribution in [-0.2, 0) is 0 Å². The summed E-state index contributed by atoms with van der Waals surface area (Å²) in [6.07, 6.45) is 5.17. The first-order valence-electron chi connectivity index (χ1n) is 6.68. The summed E-state index contributed by atoms with van der Waals surface area (Å²) >= 11 is 0. The quantitative estimate of drug-likeness (QED) is 0.811. The van der Waals surface area contributed by atoms with Gasteiger partial charge in [-0.15, -0.1) is 0 Å². The molecule has 5 nitrogen and oxygen atoms in total. The summed E-state index contributed by atoms with van der Waals surface area (Å²) < 4.78 is 0. The summed E-state index contributed by atoms with van der Waals surface area (Å²) in [7, 11) is 3.47. The average Bonchev–Trinajstić information content (AvgIpc) is 3.17. The van der Waals surface area contributed by atoms with Gasteiger partial charge in [-0.3, -0.25) is 4.79 Å². The first kappa shape index (κ1) is 13.8. The van der Waals surface area contributed by atoms with E-state index in [-0.39, 0.29) is 5.91 Å². The van der Waals surface area contributed by atoms with Crippen molar-refractivity contribution in [1.82, 2.24) is 9.88 Å². The van der Waals surface area contributed by atoms with Crippen molar-refractivity contribution in [1.29, 1.82) is 0 Å². The summed E-state index contributed by atoms with van der Waals surface area (Å²) in [6, 6.07) is 3.66. The third kappa shape index (κ3) is 3.44. The lowest BCUT2D eigenvalue weighted by molar-refractivity contribution is 0.0827. The van der Waals surface area contributed by atoms with Crippen LogP contribution in [0.1, 0.15) is 29.6 Å². The molecule has 5 heteroatoms. The summed E-state index contributed by atoms with van der Waals surface area (Å²) in [4.78, 5) is 17.5. The number of anilines is 1. The highest BCUT2D eigenvalue weighted by molar-refractivity contribution is 5.93. The zero-order valence-electron chi connectivity index (χ0n) is 11.6. The fourth-order valence-corrected chi connectivity index (χ4v) is 2.16. The lowest BCUT2D eigenvalue weighted by atomic mass is 10.0. The van der Waals surface area contributed by atoms with Gasteiger partial charge in [-0.2, -0.15) is 0 Å². The van der Waals surface area contributed by atoms with Crippen LogP contribution in [0.2, 0.25) is 0 Å². The van der Waals surface area contributed by atoms with E-state index in [4.69, 9.17) is 5.73 Å². The van der Waals surface area contributed by atoms with E-state index in [9.17, 15) is 4.79 Å². The maximum absolute atomic E-state index is 11.7. The van der Waals surface area contributed by atoms with E-state index in [0.717, 1.165) is 25.3 Å². The molecular formula is C14H22N4O. The predicted octanol–water partition coefficient (Wildman–Crippen LogP) is 1.32. The number of hydrogen-bond donors (Lipinski definition) is 2. The largest absolute Gasteiger partial charge is 0.370 e. The normalized spacial score (nSPS) is 15.9. The minimum atomic E-state index is -0.0270. The van der Waals surface area contributed by atoms with Gasteiger partial charge in [0, 0.05) is 26.8 Å². The minimum Gasteiger partial charge on any atom is -0.370 e. The van der Waals surface area contributed by atoms with E-state index in [1.807, 2.05) is 6.07 Å². The second-order valence-corrected chi connectivity index (χ2v) is 5.52. The standard InChI is InChI=1S/C14H22N4O/c1-18(2)13(19)11-3-4-12(16-9-11)17-10-14(5-6-14)7-8-15/h3-4,9H,5-8,10,15H2,1-2H3,(H,16,17). The molecule has 1 aliphatic rings. The van der Waals surface area contributed by atoms with Crippen molar-refractivity contribution in [3.05, 3.63) is 23.9 Å². The Bertz CT molecular complexity index is 437. The number of nitrogens with zero attached hydrogens (tertiary/aromatic N) is 2. The minimum absolute atomic E-state index is 0.0270. The number of aromatic nitrogens is 1. The van der Waals surface area contributed by atoms with Gasteiger partial charge in [-0.05, 0) is 43.4 Å². The van der Waals surface area contributed by atoms with Crippen molar-refractivity contribution < 1.29 is 4.79 Å². The van der Waals surface area contributed by atoms with Crippen LogP contribution in [0.5, 0.6) is 0 Å². The number of carbonyl (C=O) groups excluding carboxylic acids is 1. The van der Waals surface area contributed by atoms with Gasteiger partial charge >= 0.3 is 0 Å². The van der Waals surface area contributed by atoms with Crippen LogP contribution < -0.4 is 11.1 Å². The van der Waals surface area contributed by atoms with E-state index in [0.29, 0.717) is 11.0 Å². The van der Waals surface area contributed by atoms with Crippen LogP contribution in [0.3, 0.4) is 0 Å². The Morgan fingerprint density at radius 2 is 2.21 bits per heavy atom. The number of amides is 1. The molecule has 1 aromatic rings. The Balaban J connectivity index is 1.90. The Morgan fingerprint density at radius 1 is 1.47 bits per heavy atom. The van der Waals surface area contributed by atoms with Crippen molar-refractivity contribution in [2.24, 2.45) is 11.1 Å². The topological polar surface area (TPSA) is 71.2 Å². The predicted molar refractivity (Wildman–Crippen MR) is 76.1 cm³/mol. The number of hydrogen-bond acceptors (Lipinski definition) is 4. The van der Waals surface area contributed by atoms with E-state index in [2.05, 4.69) is 10.3 Å². The highest BCUT2D eigenvalue weighted by Crippen LogP contribution is 2.48. The van der Waals surface area contributed by atoms with Crippen LogP contribution in [0.4, 0.5) is 5.82 Å². The zero-order valence-corrected chi connectivity index (χ0v) is 11.6. The summed E-state index contributed by atoms with van der Waals surface area (Å²) in [6.45, 7) is 1.66. The molecular weight excluding hydrogens is 240 g/mol. The molecule has 104 valence electrons. The zero-order chi connectivity index (χ0) is 13.9. The number of pyridine rings is 1. The molecule has 0 unspecified atom stereocenters. The molecule has 0 bridgehead atoms. The number of rotatable bonds is 6. The fraction of sp³-hybridized carbons (Fsp3) is 0.571. The van der Waals surface area contributed by atoms with Crippen LogP contribution in [0, 0.1) is 5.41 Å². The van der Waals surface area contributed by atoms with E-state index >= 15 is 0 Å². The monoisotopic (exact) mass is 262 g/mol. The Hall–Kier alpha value is -1.62. The summed E-state index contributed by atoms with van der Waals surface area (Å²) in [5, 5.41) is 3.34. The van der Waals surface area contributed by atoms with E-state index < -0.39 is 0 Å². The molecule has 19 heavy (non-hydrogen) atoms. The number of carbonyl (C=O) groups is 1. The number of nitrogens with one attached hydrogen (secondary N) is 1. The lowest BCUT2D eigenvalue weighted by Crippen LogP contribution is -2.22. The van der Waals surface area contributed by atoms with Gasteiger partial charge in [-0.1, -0.05) is 0 Å². The van der Waals surface area contributed by atoms with Gasteiger partial charge in [0.1, 0.15) is 5.82 Å². The Morgan fingerprint density at radius 3 is 2.68 bits per heavy atom. The molecule has 1 fully saturated rings. The lowest BCUT2D eigenvalue weighted by Gasteiger charge is -2.15. The van der Waals surface area contributed by atoms with Gasteiger partial charge < -0.3 is 16.0 Å². The van der Waals surface area contributed by atoms with Crippen LogP contribution in [-0.4, -0.2) is 43.0 Å². The molecule has 0 aromatic carbocycles. The molecule has 0 atom stereocenters. The molecule has 1 saturated carbocycles. The van der Waals surface area contributed by atoms with Gasteiger partial charge in [0.25, 0.3) is 5.91 Å². The summed E-state index contributed by atoms with van der Waals surface area (Å²) in [5.41, 5.74) is 6.61. The molecule has 1 aromatic heterocycles. The molecule has 0 aliphatic heterocycles. The fourth-order valence-electron chi connectivity index (χ4n) is 2.16. The average molecular weight is 262 g/mol. The van der Waals surface area contributed by atoms with Crippen molar-refractivity contribution in [3.8, 4) is 0 Å². The Labute approximate surface area is 114 Å². The molecule has 1 amide bonds. The SMILES string of the molecule is CN(C)C(=O)c1ccc(NCC2(CCN)CC2)nc1. The molecule has 3 N–H and O–H groups in total. The van der Waals surface area contributed by atoms with Crippen molar-refractivity contribution in [2.75, 3.05) is 32.5 Å². The van der Waals surface area contributed by atoms with Crippen LogP contribution in [0.15, 0.2) is 18.3 Å². The molecule has 0 radical (unpaired) electrons. The molecule has 1 aliphatic carbocycles. The first-order valence-corrected chi connectivity index (χ1v) is 6.68. The van der Waals surface area contributed by atoms with Crippen molar-refractivity contribution >= 4 is 11.7 Å². The molecule has 1 heterocycles. The smallest absolute Gasteiger partial charge is 0.254 e. The molecule has 0 spiro atoms. The molecule has 0 saturated heterocycles. The van der Waals surface area contributed by atoms with E-state index in [1.165, 1.54) is 12.8 Å². The third-order valence-corrected chi connectivity index (χ3v) is 3.69. The van der Waals surface area contributed by atoms with Gasteiger partial charge in [0.2, 0.25) is 0 Å². The van der Waals surface area contributed by atoms with Gasteiger partial charge in [0.05, 0.1) is 5.56 Å². The second kappa shape index (κ2) is 5.57. The van der Waals surface area contributed by atoms with Crippen LogP contribution >= 0.6 is 0 Å². The Kier molecular flexibility index (Phi) is 4.04. The highest BCUT2D eigenvalue weighted by atomic mass is 16.2. The van der Waals surface area contributed by atoms with Crippen LogP contribution in [0.25, 0.3) is 0 Å². The third-order valence-electron chi connectivity index (χ3n) is 3.69. The molecule has 2 rings (SSSR count). The summed E-state index contributed by atoms with van der Waals surface area (Å²) in [5.74, 6) is 0.791. The first-order chi connectivity index (χ1) is 9.06. The maximum atomic E-state index is 11.7. The van der Waals surface area contributed by atoms with Crippen molar-refractivity contribution in [3.63, 3.8) is 0 Å². The number of nitrogens with two attached hydrogens (primary N) is 1. The maximum Gasteiger partial charge on any atom is 0.254 e. The highest BCUT2D eigenvalue weighted by Gasteiger charge is 2.41. The van der Waals surface area contributed by atoms with Gasteiger partial charge in [0.15, 0.2) is 0 Å². The van der Waals surface area contributed by atoms with Crippen molar-refractivity contribution in [2.45, 2.75) is 19.3 Å². The van der Waals surface area contributed by atoms with E-state index in [1.54, 1.807) is 31.3 Å². The second-order valence-electron chi connectivity index (χ2n) is 5.52. The van der Waals surface area contributed by atoms with Gasteiger partial charge in [-0.25, -0.2) is 4.98 Å².